The van der Waals surface area contributed by atoms with Gasteiger partial charge in [0.25, 0.3) is 0 Å². The van der Waals surface area contributed by atoms with E-state index in [1.54, 1.807) is 13.3 Å². The van der Waals surface area contributed by atoms with E-state index >= 15 is 0 Å². The van der Waals surface area contributed by atoms with Gasteiger partial charge >= 0.3 is 0 Å². The second-order valence-electron chi connectivity index (χ2n) is 6.30. The summed E-state index contributed by atoms with van der Waals surface area (Å²) < 4.78 is 5.31. The van der Waals surface area contributed by atoms with Gasteiger partial charge in [-0.15, -0.1) is 0 Å². The first kappa shape index (κ1) is 16.3. The number of H-pyrrole nitrogens is 1. The molecule has 1 aliphatic heterocycles. The number of benzene rings is 1. The average molecular weight is 352 g/mol. The molecule has 1 unspecified atom stereocenters. The minimum absolute atomic E-state index is 0.00306. The van der Waals surface area contributed by atoms with Crippen molar-refractivity contribution in [1.82, 2.24) is 20.2 Å². The monoisotopic (exact) mass is 352 g/mol. The number of carbonyl (C=O) groups is 1. The molecule has 26 heavy (non-hydrogen) atoms. The molecule has 2 aromatic heterocycles. The van der Waals surface area contributed by atoms with Crippen molar-refractivity contribution in [3.8, 4) is 5.75 Å². The highest BCUT2D eigenvalue weighted by atomic mass is 16.5. The van der Waals surface area contributed by atoms with Crippen molar-refractivity contribution in [3.63, 3.8) is 0 Å². The fraction of sp³-hybridized carbons (Fsp3) is 0.333. The lowest BCUT2D eigenvalue weighted by molar-refractivity contribution is -0.120. The molecule has 1 atom stereocenters. The van der Waals surface area contributed by atoms with Gasteiger partial charge in [0, 0.05) is 13.1 Å². The third-order valence-corrected chi connectivity index (χ3v) is 4.68. The molecule has 1 amide bonds. The number of anilines is 2. The topological polar surface area (TPSA) is 96.0 Å². The Morgan fingerprint density at radius 3 is 3.12 bits per heavy atom. The zero-order valence-corrected chi connectivity index (χ0v) is 14.5. The Morgan fingerprint density at radius 2 is 2.23 bits per heavy atom. The summed E-state index contributed by atoms with van der Waals surface area (Å²) in [6.45, 7) is 1.47. The van der Waals surface area contributed by atoms with Gasteiger partial charge in [0.1, 0.15) is 17.9 Å². The molecule has 1 aliphatic rings. The molecule has 0 bridgehead atoms. The molecule has 1 aromatic carbocycles. The Bertz CT molecular complexity index is 925. The van der Waals surface area contributed by atoms with Gasteiger partial charge in [0.2, 0.25) is 5.91 Å². The summed E-state index contributed by atoms with van der Waals surface area (Å²) >= 11 is 0. The van der Waals surface area contributed by atoms with Crippen molar-refractivity contribution in [2.45, 2.75) is 12.8 Å². The molecular weight excluding hydrogens is 332 g/mol. The van der Waals surface area contributed by atoms with E-state index in [1.807, 2.05) is 24.3 Å². The second kappa shape index (κ2) is 6.99. The molecule has 3 heterocycles. The van der Waals surface area contributed by atoms with Gasteiger partial charge in [-0.3, -0.25) is 9.89 Å². The minimum Gasteiger partial charge on any atom is -0.495 e. The van der Waals surface area contributed by atoms with Crippen LogP contribution in [0.2, 0.25) is 0 Å². The maximum atomic E-state index is 12.8. The molecule has 3 aromatic rings. The van der Waals surface area contributed by atoms with Gasteiger partial charge in [0.15, 0.2) is 5.65 Å². The van der Waals surface area contributed by atoms with E-state index in [0.29, 0.717) is 23.6 Å². The fourth-order valence-electron chi connectivity index (χ4n) is 3.37. The number of aromatic amines is 1. The van der Waals surface area contributed by atoms with Crippen LogP contribution in [-0.4, -0.2) is 46.3 Å². The molecule has 0 saturated carbocycles. The Kier molecular flexibility index (Phi) is 4.39. The highest BCUT2D eigenvalue weighted by Crippen LogP contribution is 2.28. The highest BCUT2D eigenvalue weighted by molar-refractivity contribution is 5.94. The largest absolute Gasteiger partial charge is 0.495 e. The lowest BCUT2D eigenvalue weighted by Crippen LogP contribution is -2.41. The van der Waals surface area contributed by atoms with E-state index in [4.69, 9.17) is 4.74 Å². The van der Waals surface area contributed by atoms with Gasteiger partial charge in [0.05, 0.1) is 30.3 Å². The number of rotatable bonds is 4. The lowest BCUT2D eigenvalue weighted by Gasteiger charge is -2.33. The number of para-hydroxylation sites is 2. The molecule has 0 radical (unpaired) electrons. The molecule has 1 saturated heterocycles. The van der Waals surface area contributed by atoms with Crippen LogP contribution in [0.25, 0.3) is 11.0 Å². The molecule has 0 spiro atoms. The number of carbonyl (C=O) groups excluding carboxylic acids is 1. The standard InChI is InChI=1S/C18H20N6O2/c1-26-15-7-3-2-6-14(15)22-18(25)12-5-4-8-24(10-12)17-13-9-21-23-16(13)19-11-20-17/h2-3,6-7,9,11-12H,4-5,8,10H2,1H3,(H,22,25)(H,19,20,21,23). The first-order chi connectivity index (χ1) is 12.8. The maximum absolute atomic E-state index is 12.8. The summed E-state index contributed by atoms with van der Waals surface area (Å²) in [6.07, 6.45) is 5.02. The maximum Gasteiger partial charge on any atom is 0.229 e. The van der Waals surface area contributed by atoms with Crippen LogP contribution in [0.15, 0.2) is 36.8 Å². The van der Waals surface area contributed by atoms with Crippen LogP contribution in [0.4, 0.5) is 11.5 Å². The number of nitrogens with zero attached hydrogens (tertiary/aromatic N) is 4. The molecule has 8 heteroatoms. The van der Waals surface area contributed by atoms with Crippen LogP contribution < -0.4 is 15.0 Å². The smallest absolute Gasteiger partial charge is 0.229 e. The van der Waals surface area contributed by atoms with Gasteiger partial charge in [-0.05, 0) is 25.0 Å². The molecule has 8 nitrogen and oxygen atoms in total. The van der Waals surface area contributed by atoms with E-state index in [-0.39, 0.29) is 11.8 Å². The summed E-state index contributed by atoms with van der Waals surface area (Å²) in [5, 5.41) is 10.8. The van der Waals surface area contributed by atoms with Gasteiger partial charge in [-0.1, -0.05) is 12.1 Å². The van der Waals surface area contributed by atoms with Crippen molar-refractivity contribution in [1.29, 1.82) is 0 Å². The van der Waals surface area contributed by atoms with E-state index in [0.717, 1.165) is 30.6 Å². The molecule has 4 rings (SSSR count). The average Bonchev–Trinajstić information content (AvgIpc) is 3.17. The first-order valence-electron chi connectivity index (χ1n) is 8.59. The van der Waals surface area contributed by atoms with Crippen LogP contribution in [-0.2, 0) is 4.79 Å². The summed E-state index contributed by atoms with van der Waals surface area (Å²) in [5.74, 6) is 1.35. The minimum atomic E-state index is -0.120. The van der Waals surface area contributed by atoms with Gasteiger partial charge < -0.3 is 15.0 Å². The van der Waals surface area contributed by atoms with Crippen molar-refractivity contribution in [3.05, 3.63) is 36.8 Å². The number of hydrogen-bond acceptors (Lipinski definition) is 6. The molecule has 134 valence electrons. The Morgan fingerprint density at radius 1 is 1.35 bits per heavy atom. The number of ether oxygens (including phenoxy) is 1. The number of hydrogen-bond donors (Lipinski definition) is 2. The summed E-state index contributed by atoms with van der Waals surface area (Å²) in [5.41, 5.74) is 1.40. The number of methoxy groups -OCH3 is 1. The van der Waals surface area contributed by atoms with Crippen molar-refractivity contribution in [2.75, 3.05) is 30.4 Å². The number of piperidine rings is 1. The van der Waals surface area contributed by atoms with E-state index < -0.39 is 0 Å². The van der Waals surface area contributed by atoms with Crippen LogP contribution >= 0.6 is 0 Å². The van der Waals surface area contributed by atoms with Crippen molar-refractivity contribution < 1.29 is 9.53 Å². The van der Waals surface area contributed by atoms with Crippen LogP contribution in [0.1, 0.15) is 12.8 Å². The summed E-state index contributed by atoms with van der Waals surface area (Å²) in [4.78, 5) is 23.5. The zero-order chi connectivity index (χ0) is 17.9. The molecule has 1 fully saturated rings. The predicted octanol–water partition coefficient (Wildman–Crippen LogP) is 2.22. The van der Waals surface area contributed by atoms with Crippen molar-refractivity contribution in [2.24, 2.45) is 5.92 Å². The third-order valence-electron chi connectivity index (χ3n) is 4.68. The quantitative estimate of drug-likeness (QED) is 0.747. The Hall–Kier alpha value is -3.16. The molecule has 0 aliphatic carbocycles. The van der Waals surface area contributed by atoms with E-state index in [1.165, 1.54) is 6.33 Å². The van der Waals surface area contributed by atoms with Gasteiger partial charge in [-0.2, -0.15) is 5.10 Å². The van der Waals surface area contributed by atoms with Gasteiger partial charge in [-0.25, -0.2) is 9.97 Å². The number of nitrogens with one attached hydrogen (secondary N) is 2. The number of amides is 1. The Labute approximate surface area is 150 Å². The molecular formula is C18H20N6O2. The fourth-order valence-corrected chi connectivity index (χ4v) is 3.37. The third kappa shape index (κ3) is 3.05. The highest BCUT2D eigenvalue weighted by Gasteiger charge is 2.28. The van der Waals surface area contributed by atoms with E-state index in [2.05, 4.69) is 30.4 Å². The van der Waals surface area contributed by atoms with Crippen LogP contribution in [0.5, 0.6) is 5.75 Å². The first-order valence-corrected chi connectivity index (χ1v) is 8.59. The predicted molar refractivity (Wildman–Crippen MR) is 98.2 cm³/mol. The lowest BCUT2D eigenvalue weighted by atomic mass is 9.97. The normalized spacial score (nSPS) is 17.3. The second-order valence-corrected chi connectivity index (χ2v) is 6.30. The summed E-state index contributed by atoms with van der Waals surface area (Å²) in [6, 6.07) is 7.43. The zero-order valence-electron chi connectivity index (χ0n) is 14.5. The summed E-state index contributed by atoms with van der Waals surface area (Å²) in [7, 11) is 1.60. The Balaban J connectivity index is 1.51. The van der Waals surface area contributed by atoms with Crippen molar-refractivity contribution >= 4 is 28.4 Å². The molecule has 2 N–H and O–H groups in total. The van der Waals surface area contributed by atoms with E-state index in [9.17, 15) is 4.79 Å². The van der Waals surface area contributed by atoms with Crippen LogP contribution in [0, 0.1) is 5.92 Å². The van der Waals surface area contributed by atoms with Crippen LogP contribution in [0.3, 0.4) is 0 Å². The SMILES string of the molecule is COc1ccccc1NC(=O)C1CCCN(c2ncnc3[nH]ncc23)C1. The number of aromatic nitrogens is 4. The number of fused-ring (bicyclic) bond motifs is 1.